The molecule has 0 spiro atoms. The lowest BCUT2D eigenvalue weighted by Gasteiger charge is -2.19. The summed E-state index contributed by atoms with van der Waals surface area (Å²) >= 11 is 0. The van der Waals surface area contributed by atoms with E-state index in [-0.39, 0.29) is 0 Å². The van der Waals surface area contributed by atoms with Crippen molar-refractivity contribution in [3.05, 3.63) is 29.8 Å². The summed E-state index contributed by atoms with van der Waals surface area (Å²) in [6.07, 6.45) is 1.05. The SMILES string of the molecule is COCCNCc1ccccc1OCCC(C)(C)C. The third-order valence-electron chi connectivity index (χ3n) is 2.88. The van der Waals surface area contributed by atoms with E-state index in [0.29, 0.717) is 5.41 Å². The monoisotopic (exact) mass is 265 g/mol. The van der Waals surface area contributed by atoms with E-state index in [9.17, 15) is 0 Å². The predicted octanol–water partition coefficient (Wildman–Crippen LogP) is 3.24. The Morgan fingerprint density at radius 1 is 1.11 bits per heavy atom. The minimum atomic E-state index is 0.311. The molecule has 1 N–H and O–H groups in total. The lowest BCUT2D eigenvalue weighted by molar-refractivity contribution is 0.198. The Hall–Kier alpha value is -1.06. The van der Waals surface area contributed by atoms with Crippen LogP contribution >= 0.6 is 0 Å². The highest BCUT2D eigenvalue weighted by molar-refractivity contribution is 5.33. The lowest BCUT2D eigenvalue weighted by atomic mass is 9.93. The Balaban J connectivity index is 2.44. The van der Waals surface area contributed by atoms with Crippen molar-refractivity contribution in [2.45, 2.75) is 33.7 Å². The molecule has 0 saturated heterocycles. The molecule has 0 atom stereocenters. The fourth-order valence-electron chi connectivity index (χ4n) is 1.66. The average molecular weight is 265 g/mol. The third-order valence-corrected chi connectivity index (χ3v) is 2.88. The van der Waals surface area contributed by atoms with Crippen molar-refractivity contribution >= 4 is 0 Å². The summed E-state index contributed by atoms with van der Waals surface area (Å²) in [6.45, 7) is 9.85. The van der Waals surface area contributed by atoms with Crippen LogP contribution in [0.2, 0.25) is 0 Å². The molecular formula is C16H27NO2. The molecule has 0 saturated carbocycles. The average Bonchev–Trinajstić information content (AvgIpc) is 2.35. The Kier molecular flexibility index (Phi) is 6.89. The van der Waals surface area contributed by atoms with Crippen molar-refractivity contribution in [3.8, 4) is 5.75 Å². The first-order chi connectivity index (χ1) is 9.03. The van der Waals surface area contributed by atoms with Crippen molar-refractivity contribution in [1.82, 2.24) is 5.32 Å². The number of hydrogen-bond donors (Lipinski definition) is 1. The number of para-hydroxylation sites is 1. The molecule has 1 aromatic carbocycles. The van der Waals surface area contributed by atoms with Crippen molar-refractivity contribution in [2.24, 2.45) is 5.41 Å². The predicted molar refractivity (Wildman–Crippen MR) is 79.6 cm³/mol. The highest BCUT2D eigenvalue weighted by Gasteiger charge is 2.10. The number of rotatable bonds is 8. The molecule has 1 aromatic rings. The summed E-state index contributed by atoms with van der Waals surface area (Å²) in [5.74, 6) is 0.983. The molecule has 0 heterocycles. The van der Waals surface area contributed by atoms with Crippen LogP contribution in [0.1, 0.15) is 32.8 Å². The van der Waals surface area contributed by atoms with Crippen LogP contribution in [-0.4, -0.2) is 26.9 Å². The quantitative estimate of drug-likeness (QED) is 0.732. The van der Waals surface area contributed by atoms with E-state index in [4.69, 9.17) is 9.47 Å². The maximum atomic E-state index is 5.90. The molecule has 0 unspecified atom stereocenters. The van der Waals surface area contributed by atoms with Crippen molar-refractivity contribution in [2.75, 3.05) is 26.9 Å². The van der Waals surface area contributed by atoms with Gasteiger partial charge in [0.25, 0.3) is 0 Å². The Bertz CT molecular complexity index is 358. The van der Waals surface area contributed by atoms with Crippen LogP contribution in [0.15, 0.2) is 24.3 Å². The number of methoxy groups -OCH3 is 1. The van der Waals surface area contributed by atoms with Gasteiger partial charge in [-0.25, -0.2) is 0 Å². The maximum Gasteiger partial charge on any atom is 0.123 e. The van der Waals surface area contributed by atoms with Gasteiger partial charge < -0.3 is 14.8 Å². The lowest BCUT2D eigenvalue weighted by Crippen LogP contribution is -2.19. The number of hydrogen-bond acceptors (Lipinski definition) is 3. The molecule has 0 aromatic heterocycles. The largest absolute Gasteiger partial charge is 0.493 e. The highest BCUT2D eigenvalue weighted by Crippen LogP contribution is 2.22. The van der Waals surface area contributed by atoms with Crippen LogP contribution in [-0.2, 0) is 11.3 Å². The topological polar surface area (TPSA) is 30.5 Å². The summed E-state index contributed by atoms with van der Waals surface area (Å²) < 4.78 is 10.9. The minimum Gasteiger partial charge on any atom is -0.493 e. The first-order valence-electron chi connectivity index (χ1n) is 6.93. The van der Waals surface area contributed by atoms with E-state index in [1.165, 1.54) is 5.56 Å². The van der Waals surface area contributed by atoms with E-state index < -0.39 is 0 Å². The van der Waals surface area contributed by atoms with Gasteiger partial charge in [0.15, 0.2) is 0 Å². The van der Waals surface area contributed by atoms with E-state index in [0.717, 1.165) is 38.5 Å². The maximum absolute atomic E-state index is 5.90. The fraction of sp³-hybridized carbons (Fsp3) is 0.625. The highest BCUT2D eigenvalue weighted by atomic mass is 16.5. The van der Waals surface area contributed by atoms with Crippen molar-refractivity contribution < 1.29 is 9.47 Å². The molecule has 0 amide bonds. The molecule has 19 heavy (non-hydrogen) atoms. The second kappa shape index (κ2) is 8.18. The smallest absolute Gasteiger partial charge is 0.123 e. The first-order valence-corrected chi connectivity index (χ1v) is 6.93. The molecule has 0 radical (unpaired) electrons. The molecule has 0 aliphatic carbocycles. The molecule has 1 rings (SSSR count). The first kappa shape index (κ1) is 16.0. The number of ether oxygens (including phenoxy) is 2. The zero-order valence-electron chi connectivity index (χ0n) is 12.7. The van der Waals surface area contributed by atoms with Gasteiger partial charge in [-0.15, -0.1) is 0 Å². The minimum absolute atomic E-state index is 0.311. The summed E-state index contributed by atoms with van der Waals surface area (Å²) in [6, 6.07) is 8.21. The second-order valence-corrected chi connectivity index (χ2v) is 5.94. The third kappa shape index (κ3) is 7.19. The molecular weight excluding hydrogens is 238 g/mol. The standard InChI is InChI=1S/C16H27NO2/c1-16(2,3)9-11-19-15-8-6-5-7-14(15)13-17-10-12-18-4/h5-8,17H,9-13H2,1-4H3. The van der Waals surface area contributed by atoms with Crippen LogP contribution in [0.5, 0.6) is 5.75 Å². The molecule has 0 bridgehead atoms. The van der Waals surface area contributed by atoms with Gasteiger partial charge in [0.05, 0.1) is 13.2 Å². The Morgan fingerprint density at radius 2 is 1.84 bits per heavy atom. The number of benzene rings is 1. The molecule has 3 heteroatoms. The van der Waals surface area contributed by atoms with Gasteiger partial charge >= 0.3 is 0 Å². The van der Waals surface area contributed by atoms with E-state index in [2.05, 4.69) is 32.2 Å². The van der Waals surface area contributed by atoms with Gasteiger partial charge in [0.1, 0.15) is 5.75 Å². The van der Waals surface area contributed by atoms with Crippen LogP contribution < -0.4 is 10.1 Å². The van der Waals surface area contributed by atoms with Gasteiger partial charge in [-0.2, -0.15) is 0 Å². The molecule has 0 aliphatic heterocycles. The van der Waals surface area contributed by atoms with Gasteiger partial charge in [-0.3, -0.25) is 0 Å². The van der Waals surface area contributed by atoms with Crippen LogP contribution in [0.3, 0.4) is 0 Å². The van der Waals surface area contributed by atoms with E-state index in [1.807, 2.05) is 18.2 Å². The molecule has 3 nitrogen and oxygen atoms in total. The zero-order valence-corrected chi connectivity index (χ0v) is 12.7. The summed E-state index contributed by atoms with van der Waals surface area (Å²) in [5.41, 5.74) is 1.51. The summed E-state index contributed by atoms with van der Waals surface area (Å²) in [7, 11) is 1.71. The molecule has 0 fully saturated rings. The van der Waals surface area contributed by atoms with Crippen LogP contribution in [0.4, 0.5) is 0 Å². The van der Waals surface area contributed by atoms with E-state index in [1.54, 1.807) is 7.11 Å². The van der Waals surface area contributed by atoms with Crippen LogP contribution in [0.25, 0.3) is 0 Å². The van der Waals surface area contributed by atoms with Crippen molar-refractivity contribution in [3.63, 3.8) is 0 Å². The van der Waals surface area contributed by atoms with Gasteiger partial charge in [0, 0.05) is 25.8 Å². The Labute approximate surface area is 117 Å². The van der Waals surface area contributed by atoms with Crippen LogP contribution in [0, 0.1) is 5.41 Å². The Morgan fingerprint density at radius 3 is 2.53 bits per heavy atom. The van der Waals surface area contributed by atoms with Gasteiger partial charge in [0.2, 0.25) is 0 Å². The zero-order chi connectivity index (χ0) is 14.1. The summed E-state index contributed by atoms with van der Waals surface area (Å²) in [4.78, 5) is 0. The van der Waals surface area contributed by atoms with Gasteiger partial charge in [-0.05, 0) is 17.9 Å². The second-order valence-electron chi connectivity index (χ2n) is 5.94. The van der Waals surface area contributed by atoms with Gasteiger partial charge in [-0.1, -0.05) is 39.0 Å². The van der Waals surface area contributed by atoms with Crippen molar-refractivity contribution in [1.29, 1.82) is 0 Å². The molecule has 108 valence electrons. The number of nitrogens with one attached hydrogen (secondary N) is 1. The normalized spacial score (nSPS) is 11.6. The van der Waals surface area contributed by atoms with E-state index >= 15 is 0 Å². The summed E-state index contributed by atoms with van der Waals surface area (Å²) in [5, 5.41) is 3.34. The fourth-order valence-corrected chi connectivity index (χ4v) is 1.66. The molecule has 0 aliphatic rings.